The zero-order valence-corrected chi connectivity index (χ0v) is 70.6. The highest BCUT2D eigenvalue weighted by Crippen LogP contribution is 2.45. The van der Waals surface area contributed by atoms with Gasteiger partial charge in [-0.2, -0.15) is 0 Å². The molecule has 4 N–H and O–H groups in total. The smallest absolute Gasteiger partial charge is 0.463 e. The third-order valence-electron chi connectivity index (χ3n) is 17.0. The van der Waals surface area contributed by atoms with E-state index in [1.165, 1.54) is 57.8 Å². The SMILES string of the molecule is CC/C=C\C/C=C\C/C=C\C/C=C\C/C=C\C/C=C\CCCCCCCCCCCCCCC(=O)OCC(O)COP(=O)(O)OCC(O)COP(=O)(O)OCC(COC(=O)CCCCCCCCCC/C=C\C/C=C\C/C=C\C/C=C\C/C=C\C/C=C\CC)OC(=O)CCC/C=C\C/C=C\C/C=C\C/C=C\C/C=C\CC. The molecule has 0 saturated heterocycles. The van der Waals surface area contributed by atoms with E-state index in [0.29, 0.717) is 25.7 Å². The first-order valence-electron chi connectivity index (χ1n) is 42.4. The molecule has 0 aliphatic carbocycles. The van der Waals surface area contributed by atoms with Gasteiger partial charge in [0.05, 0.1) is 26.4 Å². The normalized spacial score (nSPS) is 14.9. The van der Waals surface area contributed by atoms with E-state index in [9.17, 15) is 43.5 Å². The number of carbonyl (C=O) groups is 3. The Labute approximate surface area is 673 Å². The summed E-state index contributed by atoms with van der Waals surface area (Å²) in [5.41, 5.74) is 0. The van der Waals surface area contributed by atoms with Gasteiger partial charge in [-0.25, -0.2) is 9.13 Å². The molecule has 0 aromatic carbocycles. The van der Waals surface area contributed by atoms with E-state index >= 15 is 0 Å². The van der Waals surface area contributed by atoms with Gasteiger partial charge in [-0.15, -0.1) is 0 Å². The van der Waals surface area contributed by atoms with Crippen LogP contribution in [0.15, 0.2) is 207 Å². The molecule has 18 heteroatoms. The highest BCUT2D eigenvalue weighted by molar-refractivity contribution is 7.47. The van der Waals surface area contributed by atoms with Gasteiger partial charge >= 0.3 is 33.6 Å². The van der Waals surface area contributed by atoms with E-state index in [0.717, 1.165) is 180 Å². The highest BCUT2D eigenvalue weighted by atomic mass is 31.2. The molecule has 0 spiro atoms. The van der Waals surface area contributed by atoms with E-state index in [-0.39, 0.29) is 19.3 Å². The Morgan fingerprint density at radius 2 is 0.459 bits per heavy atom. The van der Waals surface area contributed by atoms with Gasteiger partial charge in [-0.3, -0.25) is 32.5 Å². The van der Waals surface area contributed by atoms with Gasteiger partial charge in [0.2, 0.25) is 0 Å². The zero-order chi connectivity index (χ0) is 80.8. The van der Waals surface area contributed by atoms with Crippen LogP contribution >= 0.6 is 15.6 Å². The molecular weight excluding hydrogens is 1430 g/mol. The molecule has 0 heterocycles. The molecule has 0 aliphatic heterocycles. The molecule has 0 amide bonds. The summed E-state index contributed by atoms with van der Waals surface area (Å²) < 4.78 is 61.2. The van der Waals surface area contributed by atoms with Crippen LogP contribution in [0.1, 0.15) is 303 Å². The van der Waals surface area contributed by atoms with Crippen LogP contribution in [0.25, 0.3) is 0 Å². The third kappa shape index (κ3) is 84.9. The maximum atomic E-state index is 13.0. The first kappa shape index (κ1) is 105. The molecule has 0 aromatic heterocycles. The highest BCUT2D eigenvalue weighted by Gasteiger charge is 2.29. The molecule has 628 valence electrons. The van der Waals surface area contributed by atoms with Crippen LogP contribution in [-0.4, -0.2) is 95.9 Å². The van der Waals surface area contributed by atoms with Gasteiger partial charge in [0.15, 0.2) is 6.10 Å². The van der Waals surface area contributed by atoms with Crippen molar-refractivity contribution in [2.75, 3.05) is 39.6 Å². The molecule has 5 atom stereocenters. The Hall–Kier alpha value is -5.87. The van der Waals surface area contributed by atoms with Crippen LogP contribution in [0.2, 0.25) is 0 Å². The van der Waals surface area contributed by atoms with Crippen molar-refractivity contribution >= 4 is 33.6 Å². The summed E-state index contributed by atoms with van der Waals surface area (Å²) in [7, 11) is -9.84. The van der Waals surface area contributed by atoms with Gasteiger partial charge in [0, 0.05) is 19.3 Å². The van der Waals surface area contributed by atoms with Crippen LogP contribution in [0, 0.1) is 0 Å². The first-order chi connectivity index (χ1) is 54.2. The van der Waals surface area contributed by atoms with Crippen LogP contribution in [-0.2, 0) is 55.8 Å². The first-order valence-corrected chi connectivity index (χ1v) is 45.4. The number of rotatable bonds is 78. The molecule has 0 rings (SSSR count). The lowest BCUT2D eigenvalue weighted by atomic mass is 10.0. The molecule has 0 radical (unpaired) electrons. The lowest BCUT2D eigenvalue weighted by molar-refractivity contribution is -0.161. The van der Waals surface area contributed by atoms with Crippen molar-refractivity contribution in [2.24, 2.45) is 0 Å². The minimum atomic E-state index is -4.96. The zero-order valence-electron chi connectivity index (χ0n) is 68.8. The Morgan fingerprint density at radius 3 is 0.739 bits per heavy atom. The fourth-order valence-corrected chi connectivity index (χ4v) is 12.3. The predicted molar refractivity (Wildman–Crippen MR) is 463 cm³/mol. The molecule has 111 heavy (non-hydrogen) atoms. The number of carbonyl (C=O) groups excluding carboxylic acids is 3. The standard InChI is InChI=1S/C93H150O16P2/c1-4-7-10-13-16-19-22-25-28-31-33-35-37-39-41-42-43-44-46-48-49-51-53-56-58-61-64-67-70-73-76-79-91(96)103-82-88(94)83-105-110(99,100)106-84-89(95)85-107-111(101,102)108-87-90(109-93(98)81-78-75-72-69-66-63-60-55-30-27-24-21-18-15-12-9-6-3)86-104-92(97)80-77-74-71-68-65-62-59-57-54-52-50-47-45-40-38-36-34-32-29-26-23-20-17-14-11-8-5-2/h7-12,16-21,25-30,33-36,39-41,43-45,50,52,60,63,69,72,88-90,94-95H,4-6,13-15,22-24,31-32,37-38,42,46-49,51,53-59,61-62,64-68,70-71,73-87H2,1-3H3,(H,99,100)(H,101,102)/b10-7-,11-8-,12-9-,19-16-,20-17-,21-18-,28-25-,29-26-,30-27-,35-33-,36-34-,41-39-,44-43-,45-40-,52-50-,63-60-,72-69-. The van der Waals surface area contributed by atoms with Gasteiger partial charge in [0.25, 0.3) is 0 Å². The van der Waals surface area contributed by atoms with Gasteiger partial charge in [-0.05, 0) is 161 Å². The van der Waals surface area contributed by atoms with Crippen molar-refractivity contribution in [3.05, 3.63) is 207 Å². The number of hydrogen-bond donors (Lipinski definition) is 4. The van der Waals surface area contributed by atoms with Crippen molar-refractivity contribution in [1.82, 2.24) is 0 Å². The van der Waals surface area contributed by atoms with Gasteiger partial charge in [0.1, 0.15) is 25.4 Å². The maximum Gasteiger partial charge on any atom is 0.472 e. The third-order valence-corrected chi connectivity index (χ3v) is 18.9. The predicted octanol–water partition coefficient (Wildman–Crippen LogP) is 25.7. The Kier molecular flexibility index (Phi) is 79.1. The molecule has 0 fully saturated rings. The minimum Gasteiger partial charge on any atom is -0.463 e. The quantitative estimate of drug-likeness (QED) is 0.0146. The lowest BCUT2D eigenvalue weighted by Gasteiger charge is -2.21. The van der Waals surface area contributed by atoms with E-state index < -0.39 is 91.5 Å². The summed E-state index contributed by atoms with van der Waals surface area (Å²) in [6.45, 7) is 2.25. The summed E-state index contributed by atoms with van der Waals surface area (Å²) in [5.74, 6) is -1.67. The molecule has 0 saturated carbocycles. The Balaban J connectivity index is 4.61. The number of ether oxygens (including phenoxy) is 3. The second-order valence-corrected chi connectivity index (χ2v) is 30.4. The molecule has 0 bridgehead atoms. The van der Waals surface area contributed by atoms with Crippen molar-refractivity contribution in [1.29, 1.82) is 0 Å². The molecule has 0 aromatic rings. The van der Waals surface area contributed by atoms with Crippen molar-refractivity contribution in [3.8, 4) is 0 Å². The van der Waals surface area contributed by atoms with Crippen LogP contribution in [0.5, 0.6) is 0 Å². The molecular formula is C93H150O16P2. The average molecular weight is 1590 g/mol. The van der Waals surface area contributed by atoms with Gasteiger partial charge < -0.3 is 34.2 Å². The molecule has 0 aliphatic rings. The number of aliphatic hydroxyl groups is 2. The Bertz CT molecular complexity index is 2850. The van der Waals surface area contributed by atoms with E-state index in [4.69, 9.17) is 32.3 Å². The second-order valence-electron chi connectivity index (χ2n) is 27.5. The second kappa shape index (κ2) is 83.6. The topological polar surface area (TPSA) is 231 Å². The van der Waals surface area contributed by atoms with Crippen LogP contribution in [0.3, 0.4) is 0 Å². The summed E-state index contributed by atoms with van der Waals surface area (Å²) >= 11 is 0. The maximum absolute atomic E-state index is 13.0. The number of aliphatic hydroxyl groups excluding tert-OH is 2. The summed E-state index contributed by atoms with van der Waals surface area (Å²) in [5, 5.41) is 20.7. The average Bonchev–Trinajstić information content (AvgIpc) is 0.900. The fraction of sp³-hybridized carbons (Fsp3) is 0.602. The van der Waals surface area contributed by atoms with Crippen molar-refractivity contribution < 1.29 is 75.8 Å². The lowest BCUT2D eigenvalue weighted by Crippen LogP contribution is -2.30. The number of phosphoric ester groups is 2. The summed E-state index contributed by atoms with van der Waals surface area (Å²) in [6.07, 6.45) is 112. The summed E-state index contributed by atoms with van der Waals surface area (Å²) in [4.78, 5) is 58.8. The molecule has 5 unspecified atom stereocenters. The van der Waals surface area contributed by atoms with E-state index in [2.05, 4.69) is 215 Å². The monoisotopic (exact) mass is 1590 g/mol. The van der Waals surface area contributed by atoms with E-state index in [1.807, 2.05) is 12.2 Å². The van der Waals surface area contributed by atoms with Crippen LogP contribution in [0.4, 0.5) is 0 Å². The largest absolute Gasteiger partial charge is 0.472 e. The number of phosphoric acid groups is 2. The van der Waals surface area contributed by atoms with Crippen LogP contribution < -0.4 is 0 Å². The molecule has 16 nitrogen and oxygen atoms in total. The van der Waals surface area contributed by atoms with Gasteiger partial charge in [-0.1, -0.05) is 330 Å². The number of esters is 3. The number of hydrogen-bond acceptors (Lipinski definition) is 14. The fourth-order valence-electron chi connectivity index (χ4n) is 10.7. The summed E-state index contributed by atoms with van der Waals surface area (Å²) in [6, 6.07) is 0. The number of unbranched alkanes of at least 4 members (excludes halogenated alkanes) is 21. The van der Waals surface area contributed by atoms with Crippen molar-refractivity contribution in [3.63, 3.8) is 0 Å². The van der Waals surface area contributed by atoms with Crippen molar-refractivity contribution in [2.45, 2.75) is 322 Å². The number of allylic oxidation sites excluding steroid dienone is 34. The minimum absolute atomic E-state index is 0.0166. The Morgan fingerprint density at radius 1 is 0.252 bits per heavy atom. The van der Waals surface area contributed by atoms with E-state index in [1.54, 1.807) is 0 Å².